The highest BCUT2D eigenvalue weighted by Crippen LogP contribution is 2.30. The Morgan fingerprint density at radius 2 is 2.00 bits per heavy atom. The zero-order chi connectivity index (χ0) is 14.8. The van der Waals surface area contributed by atoms with Crippen LogP contribution in [0.15, 0.2) is 53.0 Å². The van der Waals surface area contributed by atoms with E-state index in [0.717, 1.165) is 16.1 Å². The first-order chi connectivity index (χ1) is 10.1. The Balaban J connectivity index is 2.07. The summed E-state index contributed by atoms with van der Waals surface area (Å²) in [6.07, 6.45) is 1.70. The Labute approximate surface area is 125 Å². The number of thiazole rings is 1. The van der Waals surface area contributed by atoms with Gasteiger partial charge in [-0.2, -0.15) is 0 Å². The minimum absolute atomic E-state index is 0.130. The van der Waals surface area contributed by atoms with Crippen molar-refractivity contribution in [2.75, 3.05) is 0 Å². The lowest BCUT2D eigenvalue weighted by Crippen LogP contribution is -2.10. The zero-order valence-electron chi connectivity index (χ0n) is 11.3. The maximum absolute atomic E-state index is 9.61. The highest BCUT2D eigenvalue weighted by molar-refractivity contribution is 7.07. The van der Waals surface area contributed by atoms with Crippen molar-refractivity contribution in [1.82, 2.24) is 9.55 Å². The first kappa shape index (κ1) is 13.4. The van der Waals surface area contributed by atoms with E-state index in [1.165, 1.54) is 23.5 Å². The summed E-state index contributed by atoms with van der Waals surface area (Å²) in [5, 5.41) is 20.9. The summed E-state index contributed by atoms with van der Waals surface area (Å²) in [6.45, 7) is 0. The average molecular weight is 299 g/mol. The molecule has 5 nitrogen and oxygen atoms in total. The van der Waals surface area contributed by atoms with Gasteiger partial charge in [-0.1, -0.05) is 6.07 Å². The van der Waals surface area contributed by atoms with Gasteiger partial charge >= 0.3 is 0 Å². The highest BCUT2D eigenvalue weighted by atomic mass is 32.1. The third kappa shape index (κ3) is 2.66. The van der Waals surface area contributed by atoms with E-state index < -0.39 is 0 Å². The molecule has 1 aromatic carbocycles. The topological polar surface area (TPSA) is 70.6 Å². The Kier molecular flexibility index (Phi) is 3.45. The fourth-order valence-electron chi connectivity index (χ4n) is 1.93. The quantitative estimate of drug-likeness (QED) is 0.715. The number of phenols is 2. The lowest BCUT2D eigenvalue weighted by Gasteiger charge is -2.04. The van der Waals surface area contributed by atoms with Gasteiger partial charge in [0, 0.05) is 24.2 Å². The van der Waals surface area contributed by atoms with E-state index in [4.69, 9.17) is 0 Å². The number of hydrogen-bond donors (Lipinski definition) is 2. The van der Waals surface area contributed by atoms with Gasteiger partial charge in [-0.25, -0.2) is 9.98 Å². The van der Waals surface area contributed by atoms with Crippen molar-refractivity contribution >= 4 is 17.2 Å². The molecule has 0 saturated heterocycles. The number of aromatic nitrogens is 2. The predicted molar refractivity (Wildman–Crippen MR) is 81.5 cm³/mol. The largest absolute Gasteiger partial charge is 0.504 e. The molecule has 0 bridgehead atoms. The molecule has 106 valence electrons. The minimum Gasteiger partial charge on any atom is -0.504 e. The van der Waals surface area contributed by atoms with Crippen LogP contribution in [0.2, 0.25) is 0 Å². The Morgan fingerprint density at radius 3 is 2.71 bits per heavy atom. The zero-order valence-corrected chi connectivity index (χ0v) is 12.1. The molecular formula is C15H13N3O2S. The van der Waals surface area contributed by atoms with Crippen LogP contribution in [0.4, 0.5) is 5.82 Å². The molecule has 2 heterocycles. The van der Waals surface area contributed by atoms with E-state index in [9.17, 15) is 10.2 Å². The molecular weight excluding hydrogens is 286 g/mol. The molecule has 0 spiro atoms. The monoisotopic (exact) mass is 299 g/mol. The Bertz CT molecular complexity index is 838. The van der Waals surface area contributed by atoms with Crippen molar-refractivity contribution in [3.63, 3.8) is 0 Å². The van der Waals surface area contributed by atoms with E-state index >= 15 is 0 Å². The van der Waals surface area contributed by atoms with Gasteiger partial charge in [0.2, 0.25) is 0 Å². The summed E-state index contributed by atoms with van der Waals surface area (Å²) >= 11 is 1.49. The maximum atomic E-state index is 9.61. The highest BCUT2D eigenvalue weighted by Gasteiger charge is 2.07. The van der Waals surface area contributed by atoms with E-state index in [0.29, 0.717) is 5.82 Å². The molecule has 0 amide bonds. The van der Waals surface area contributed by atoms with Gasteiger partial charge in [-0.15, -0.1) is 11.3 Å². The predicted octanol–water partition coefficient (Wildman–Crippen LogP) is 2.79. The Hall–Kier alpha value is -2.60. The SMILES string of the molecule is Cn1c(-c2ccc(O)c(O)c2)csc1=Nc1ccccn1. The third-order valence-electron chi connectivity index (χ3n) is 3.05. The molecule has 21 heavy (non-hydrogen) atoms. The first-order valence-electron chi connectivity index (χ1n) is 6.28. The van der Waals surface area contributed by atoms with Crippen molar-refractivity contribution in [3.05, 3.63) is 52.8 Å². The molecule has 3 rings (SSSR count). The molecule has 0 unspecified atom stereocenters. The molecule has 2 N–H and O–H groups in total. The smallest absolute Gasteiger partial charge is 0.191 e. The van der Waals surface area contributed by atoms with Gasteiger partial charge in [-0.3, -0.25) is 0 Å². The molecule has 0 radical (unpaired) electrons. The number of pyridine rings is 1. The summed E-state index contributed by atoms with van der Waals surface area (Å²) in [6, 6.07) is 10.3. The molecule has 6 heteroatoms. The number of rotatable bonds is 2. The molecule has 0 atom stereocenters. The second-order valence-electron chi connectivity index (χ2n) is 4.47. The van der Waals surface area contributed by atoms with Gasteiger partial charge in [0.1, 0.15) is 0 Å². The van der Waals surface area contributed by atoms with E-state index in [2.05, 4.69) is 9.98 Å². The van der Waals surface area contributed by atoms with E-state index in [1.807, 2.05) is 35.2 Å². The van der Waals surface area contributed by atoms with Gasteiger partial charge in [-0.05, 0) is 30.3 Å². The average Bonchev–Trinajstić information content (AvgIpc) is 2.84. The molecule has 3 aromatic rings. The van der Waals surface area contributed by atoms with Crippen LogP contribution in [0.3, 0.4) is 0 Å². The summed E-state index contributed by atoms with van der Waals surface area (Å²) in [7, 11) is 1.90. The first-order valence-corrected chi connectivity index (χ1v) is 7.16. The van der Waals surface area contributed by atoms with Crippen LogP contribution in [0, 0.1) is 0 Å². The number of phenolic OH excluding ortho intramolecular Hbond substituents is 2. The van der Waals surface area contributed by atoms with Crippen molar-refractivity contribution in [2.45, 2.75) is 0 Å². The van der Waals surface area contributed by atoms with Gasteiger partial charge in [0.25, 0.3) is 0 Å². The minimum atomic E-state index is -0.137. The molecule has 2 aromatic heterocycles. The molecule has 0 fully saturated rings. The van der Waals surface area contributed by atoms with Crippen LogP contribution in [0.1, 0.15) is 0 Å². The number of nitrogens with zero attached hydrogens (tertiary/aromatic N) is 3. The van der Waals surface area contributed by atoms with Crippen LogP contribution < -0.4 is 4.80 Å². The van der Waals surface area contributed by atoms with Gasteiger partial charge in [0.05, 0.1) is 5.69 Å². The maximum Gasteiger partial charge on any atom is 0.191 e. The number of aromatic hydroxyl groups is 2. The Morgan fingerprint density at radius 1 is 1.14 bits per heavy atom. The normalized spacial score (nSPS) is 11.8. The lowest BCUT2D eigenvalue weighted by atomic mass is 10.1. The summed E-state index contributed by atoms with van der Waals surface area (Å²) in [5.41, 5.74) is 1.72. The van der Waals surface area contributed by atoms with Crippen LogP contribution in [-0.4, -0.2) is 19.8 Å². The van der Waals surface area contributed by atoms with Crippen molar-refractivity contribution < 1.29 is 10.2 Å². The second kappa shape index (κ2) is 5.41. The van der Waals surface area contributed by atoms with Crippen LogP contribution in [0.5, 0.6) is 11.5 Å². The fourth-order valence-corrected chi connectivity index (χ4v) is 2.85. The van der Waals surface area contributed by atoms with Crippen LogP contribution in [0.25, 0.3) is 11.3 Å². The molecule has 0 aliphatic heterocycles. The third-order valence-corrected chi connectivity index (χ3v) is 3.97. The van der Waals surface area contributed by atoms with Gasteiger partial charge in [0.15, 0.2) is 22.1 Å². The van der Waals surface area contributed by atoms with E-state index in [1.54, 1.807) is 12.3 Å². The van der Waals surface area contributed by atoms with Gasteiger partial charge < -0.3 is 14.8 Å². The van der Waals surface area contributed by atoms with Crippen molar-refractivity contribution in [2.24, 2.45) is 12.0 Å². The number of hydrogen-bond acceptors (Lipinski definition) is 5. The second-order valence-corrected chi connectivity index (χ2v) is 5.30. The number of benzene rings is 1. The standard InChI is InChI=1S/C15H13N3O2S/c1-18-11(10-5-6-12(19)13(20)8-10)9-21-15(18)17-14-4-2-3-7-16-14/h2-9,19-20H,1H3. The van der Waals surface area contributed by atoms with Crippen LogP contribution >= 0.6 is 11.3 Å². The van der Waals surface area contributed by atoms with Crippen LogP contribution in [-0.2, 0) is 7.05 Å². The van der Waals surface area contributed by atoms with E-state index in [-0.39, 0.29) is 11.5 Å². The van der Waals surface area contributed by atoms with Crippen molar-refractivity contribution in [1.29, 1.82) is 0 Å². The molecule has 0 saturated carbocycles. The molecule has 0 aliphatic rings. The molecule has 0 aliphatic carbocycles. The fraction of sp³-hybridized carbons (Fsp3) is 0.0667. The summed E-state index contributed by atoms with van der Waals surface area (Å²) in [4.78, 5) is 9.46. The summed E-state index contributed by atoms with van der Waals surface area (Å²) in [5.74, 6) is 0.381. The van der Waals surface area contributed by atoms with Crippen molar-refractivity contribution in [3.8, 4) is 22.8 Å². The summed E-state index contributed by atoms with van der Waals surface area (Å²) < 4.78 is 1.92. The lowest BCUT2D eigenvalue weighted by molar-refractivity contribution is 0.404.